The summed E-state index contributed by atoms with van der Waals surface area (Å²) < 4.78 is 9.98. The average Bonchev–Trinajstić information content (AvgIpc) is 2.22. The average molecular weight is 321 g/mol. The van der Waals surface area contributed by atoms with Gasteiger partial charge in [-0.15, -0.1) is 13.2 Å². The van der Waals surface area contributed by atoms with E-state index in [1.54, 1.807) is 0 Å². The lowest BCUT2D eigenvalue weighted by atomic mass is 10.7. The third kappa shape index (κ3) is 7.09. The highest BCUT2D eigenvalue weighted by Crippen LogP contribution is 2.34. The Morgan fingerprint density at radius 3 is 1.88 bits per heavy atom. The monoisotopic (exact) mass is 319 g/mol. The molecule has 0 aliphatic carbocycles. The maximum atomic E-state index is 12.2. The van der Waals surface area contributed by atoms with Gasteiger partial charge in [0.2, 0.25) is 0 Å². The molecule has 17 heavy (non-hydrogen) atoms. The Morgan fingerprint density at radius 2 is 1.59 bits per heavy atom. The van der Waals surface area contributed by atoms with E-state index in [1.807, 2.05) is 0 Å². The molecule has 9 heteroatoms. The highest BCUT2D eigenvalue weighted by atomic mass is 35.6. The van der Waals surface area contributed by atoms with Gasteiger partial charge in [0.15, 0.2) is 0 Å². The van der Waals surface area contributed by atoms with E-state index >= 15 is 0 Å². The SMILES string of the molecule is C=CCNP(=O)(NCC=C)NC(=O)C(Cl)(Cl)Cl. The number of halogens is 3. The molecule has 0 bridgehead atoms. The van der Waals surface area contributed by atoms with Crippen molar-refractivity contribution in [3.8, 4) is 0 Å². The molecule has 0 fully saturated rings. The summed E-state index contributed by atoms with van der Waals surface area (Å²) in [5.41, 5.74) is 0. The fraction of sp³-hybridized carbons (Fsp3) is 0.375. The second kappa shape index (κ2) is 7.41. The number of carbonyl (C=O) groups excluding carboxylic acids is 1. The first kappa shape index (κ1) is 17.0. The van der Waals surface area contributed by atoms with Crippen LogP contribution in [0.3, 0.4) is 0 Å². The van der Waals surface area contributed by atoms with Gasteiger partial charge in [-0.1, -0.05) is 47.0 Å². The summed E-state index contributed by atoms with van der Waals surface area (Å²) >= 11 is 16.1. The van der Waals surface area contributed by atoms with Crippen molar-refractivity contribution in [2.24, 2.45) is 0 Å². The Balaban J connectivity index is 4.68. The first-order valence-electron chi connectivity index (χ1n) is 4.46. The van der Waals surface area contributed by atoms with Gasteiger partial charge in [-0.25, -0.2) is 10.2 Å². The van der Waals surface area contributed by atoms with E-state index in [4.69, 9.17) is 34.8 Å². The number of hydrogen-bond acceptors (Lipinski definition) is 2. The van der Waals surface area contributed by atoms with Crippen LogP contribution in [0.5, 0.6) is 0 Å². The van der Waals surface area contributed by atoms with Gasteiger partial charge in [0.05, 0.1) is 0 Å². The lowest BCUT2D eigenvalue weighted by Gasteiger charge is -2.22. The first-order valence-corrected chi connectivity index (χ1v) is 7.31. The topological polar surface area (TPSA) is 70.2 Å². The van der Waals surface area contributed by atoms with Crippen LogP contribution < -0.4 is 15.3 Å². The second-order valence-electron chi connectivity index (χ2n) is 2.85. The summed E-state index contributed by atoms with van der Waals surface area (Å²) in [6.07, 6.45) is 2.95. The van der Waals surface area contributed by atoms with Gasteiger partial charge in [-0.3, -0.25) is 14.4 Å². The van der Waals surface area contributed by atoms with Crippen molar-refractivity contribution >= 4 is 48.3 Å². The third-order valence-corrected chi connectivity index (χ3v) is 3.72. The van der Waals surface area contributed by atoms with E-state index in [-0.39, 0.29) is 13.1 Å². The summed E-state index contributed by atoms with van der Waals surface area (Å²) in [6.45, 7) is 7.32. The largest absolute Gasteiger partial charge is 0.306 e. The van der Waals surface area contributed by atoms with Crippen LogP contribution in [0.1, 0.15) is 0 Å². The van der Waals surface area contributed by atoms with Gasteiger partial charge in [-0.05, 0) is 0 Å². The Kier molecular flexibility index (Phi) is 7.40. The van der Waals surface area contributed by atoms with Crippen molar-refractivity contribution in [1.82, 2.24) is 15.3 Å². The Labute approximate surface area is 115 Å². The van der Waals surface area contributed by atoms with Crippen LogP contribution in [0.15, 0.2) is 25.3 Å². The molecule has 0 aromatic heterocycles. The second-order valence-corrected chi connectivity index (χ2v) is 7.21. The van der Waals surface area contributed by atoms with Crippen molar-refractivity contribution < 1.29 is 9.36 Å². The summed E-state index contributed by atoms with van der Waals surface area (Å²) in [5.74, 6) is -0.987. The molecule has 0 spiro atoms. The van der Waals surface area contributed by atoms with Crippen molar-refractivity contribution in [2.75, 3.05) is 13.1 Å². The van der Waals surface area contributed by atoms with E-state index in [0.29, 0.717) is 0 Å². The van der Waals surface area contributed by atoms with Gasteiger partial charge in [0, 0.05) is 13.1 Å². The molecular weight excluding hydrogens is 307 g/mol. The molecule has 3 N–H and O–H groups in total. The molecule has 0 heterocycles. The molecule has 0 rings (SSSR count). The normalized spacial score (nSPS) is 11.9. The van der Waals surface area contributed by atoms with Gasteiger partial charge in [0.25, 0.3) is 9.70 Å². The van der Waals surface area contributed by atoms with Crippen molar-refractivity contribution in [2.45, 2.75) is 3.79 Å². The highest BCUT2D eigenvalue weighted by Gasteiger charge is 2.35. The minimum Gasteiger partial charge on any atom is -0.279 e. The highest BCUT2D eigenvalue weighted by molar-refractivity contribution is 7.58. The van der Waals surface area contributed by atoms with E-state index in [9.17, 15) is 9.36 Å². The van der Waals surface area contributed by atoms with E-state index in [2.05, 4.69) is 28.4 Å². The van der Waals surface area contributed by atoms with Crippen molar-refractivity contribution in [3.63, 3.8) is 0 Å². The molecule has 0 saturated heterocycles. The molecule has 5 nitrogen and oxygen atoms in total. The Morgan fingerprint density at radius 1 is 1.18 bits per heavy atom. The summed E-state index contributed by atoms with van der Waals surface area (Å²) in [6, 6.07) is 0. The number of rotatable bonds is 7. The van der Waals surface area contributed by atoms with Crippen molar-refractivity contribution in [3.05, 3.63) is 25.3 Å². The van der Waals surface area contributed by atoms with Gasteiger partial charge in [-0.2, -0.15) is 0 Å². The summed E-state index contributed by atoms with van der Waals surface area (Å²) in [4.78, 5) is 11.4. The molecule has 0 saturated carbocycles. The quantitative estimate of drug-likeness (QED) is 0.382. The molecule has 0 aliphatic heterocycles. The van der Waals surface area contributed by atoms with Gasteiger partial charge >= 0.3 is 7.59 Å². The van der Waals surface area contributed by atoms with Gasteiger partial charge < -0.3 is 0 Å². The standard InChI is InChI=1S/C8H13Cl3N3O2P/c1-3-5-12-17(16,13-6-4-2)14-7(15)8(9,10)11/h3-4H,1-2,5-6H2,(H3,12,13,14,15,16). The molecule has 0 aliphatic rings. The number of alkyl halides is 3. The van der Waals surface area contributed by atoms with E-state index < -0.39 is 17.3 Å². The molecule has 0 aromatic rings. The third-order valence-electron chi connectivity index (χ3n) is 1.43. The maximum absolute atomic E-state index is 12.2. The van der Waals surface area contributed by atoms with Crippen LogP contribution >= 0.6 is 42.4 Å². The fourth-order valence-electron chi connectivity index (χ4n) is 0.728. The molecule has 1 amide bonds. The lowest BCUT2D eigenvalue weighted by molar-refractivity contribution is -0.118. The minimum absolute atomic E-state index is 0.210. The fourth-order valence-corrected chi connectivity index (χ4v) is 2.56. The van der Waals surface area contributed by atoms with Crippen LogP contribution in [0.4, 0.5) is 0 Å². The molecule has 0 radical (unpaired) electrons. The maximum Gasteiger partial charge on any atom is 0.306 e. The van der Waals surface area contributed by atoms with Crippen LogP contribution in [0.2, 0.25) is 0 Å². The zero-order chi connectivity index (χ0) is 13.5. The van der Waals surface area contributed by atoms with Crippen molar-refractivity contribution in [1.29, 1.82) is 0 Å². The van der Waals surface area contributed by atoms with E-state index in [1.165, 1.54) is 12.2 Å². The molecule has 0 aromatic carbocycles. The van der Waals surface area contributed by atoms with E-state index in [0.717, 1.165) is 0 Å². The Bertz CT molecular complexity index is 327. The summed E-state index contributed by atoms with van der Waals surface area (Å²) in [7, 11) is -3.40. The number of carbonyl (C=O) groups is 1. The van der Waals surface area contributed by atoms with Crippen LogP contribution in [-0.4, -0.2) is 22.8 Å². The van der Waals surface area contributed by atoms with Crippen LogP contribution in [0, 0.1) is 0 Å². The first-order chi connectivity index (χ1) is 7.75. The molecule has 98 valence electrons. The van der Waals surface area contributed by atoms with Gasteiger partial charge in [0.1, 0.15) is 0 Å². The summed E-state index contributed by atoms with van der Waals surface area (Å²) in [5, 5.41) is 7.21. The number of nitrogens with one attached hydrogen (secondary N) is 3. The van der Waals surface area contributed by atoms with Crippen LogP contribution in [0.25, 0.3) is 0 Å². The molecule has 0 unspecified atom stereocenters. The van der Waals surface area contributed by atoms with Crippen LogP contribution in [-0.2, 0) is 9.36 Å². The predicted molar refractivity (Wildman–Crippen MR) is 72.4 cm³/mol. The molecule has 0 atom stereocenters. The Hall–Kier alpha value is -0.0300. The predicted octanol–water partition coefficient (Wildman–Crippen LogP) is 2.13. The minimum atomic E-state index is -3.40. The molecular formula is C8H13Cl3N3O2P. The zero-order valence-corrected chi connectivity index (χ0v) is 12.0. The zero-order valence-electron chi connectivity index (χ0n) is 8.88. The number of amides is 1. The lowest BCUT2D eigenvalue weighted by Crippen LogP contribution is -2.40. The number of hydrogen-bond donors (Lipinski definition) is 3. The smallest absolute Gasteiger partial charge is 0.279 e.